The van der Waals surface area contributed by atoms with Gasteiger partial charge in [0.05, 0.1) is 0 Å². The van der Waals surface area contributed by atoms with Crippen molar-refractivity contribution in [2.75, 3.05) is 19.6 Å². The number of piperazine rings is 1. The number of thiophene rings is 1. The zero-order chi connectivity index (χ0) is 11.7. The van der Waals surface area contributed by atoms with Gasteiger partial charge in [-0.2, -0.15) is 0 Å². The van der Waals surface area contributed by atoms with E-state index in [4.69, 9.17) is 0 Å². The number of nitrogens with zero attached hydrogens (tertiary/aromatic N) is 1. The second-order valence-corrected chi connectivity index (χ2v) is 6.36. The molecule has 2 heterocycles. The maximum Gasteiger partial charge on any atom is 0.0331 e. The normalized spacial score (nSPS) is 26.3. The van der Waals surface area contributed by atoms with Crippen LogP contribution < -0.4 is 5.32 Å². The van der Waals surface area contributed by atoms with Crippen molar-refractivity contribution in [2.45, 2.75) is 38.8 Å². The van der Waals surface area contributed by atoms with Gasteiger partial charge >= 0.3 is 0 Å². The van der Waals surface area contributed by atoms with E-state index in [1.807, 2.05) is 11.3 Å². The van der Waals surface area contributed by atoms with Gasteiger partial charge < -0.3 is 5.32 Å². The van der Waals surface area contributed by atoms with Gasteiger partial charge in [-0.25, -0.2) is 0 Å². The molecule has 2 fully saturated rings. The molecule has 0 aromatic carbocycles. The van der Waals surface area contributed by atoms with Crippen LogP contribution in [0.5, 0.6) is 0 Å². The first kappa shape index (κ1) is 11.7. The van der Waals surface area contributed by atoms with Crippen molar-refractivity contribution < 1.29 is 0 Å². The highest BCUT2D eigenvalue weighted by molar-refractivity contribution is 7.10. The third-order valence-electron chi connectivity index (χ3n) is 4.07. The number of rotatable bonds is 4. The fraction of sp³-hybridized carbons (Fsp3) is 0.714. The molecule has 0 amide bonds. The predicted molar refractivity (Wildman–Crippen MR) is 73.5 cm³/mol. The fourth-order valence-electron chi connectivity index (χ4n) is 2.82. The molecule has 0 bridgehead atoms. The summed E-state index contributed by atoms with van der Waals surface area (Å²) in [5.41, 5.74) is 1.55. The Bertz CT molecular complexity index is 370. The number of hydrogen-bond acceptors (Lipinski definition) is 3. The van der Waals surface area contributed by atoms with E-state index in [9.17, 15) is 0 Å². The van der Waals surface area contributed by atoms with Crippen molar-refractivity contribution >= 4 is 11.3 Å². The molecule has 2 nitrogen and oxygen atoms in total. The predicted octanol–water partition coefficient (Wildman–Crippen LogP) is 2.49. The third-order valence-corrected chi connectivity index (χ3v) is 5.01. The molecule has 0 radical (unpaired) electrons. The second-order valence-electron chi connectivity index (χ2n) is 5.36. The Morgan fingerprint density at radius 2 is 2.35 bits per heavy atom. The molecule has 1 aliphatic heterocycles. The number of hydrogen-bond donors (Lipinski definition) is 1. The summed E-state index contributed by atoms with van der Waals surface area (Å²) in [6, 6.07) is 3.06. The largest absolute Gasteiger partial charge is 0.311 e. The minimum atomic E-state index is 0.772. The summed E-state index contributed by atoms with van der Waals surface area (Å²) in [7, 11) is 0. The number of aryl methyl sites for hydroxylation is 1. The van der Waals surface area contributed by atoms with Crippen LogP contribution in [-0.4, -0.2) is 30.6 Å². The molecule has 1 unspecified atom stereocenters. The van der Waals surface area contributed by atoms with Crippen LogP contribution in [0.4, 0.5) is 0 Å². The Balaban J connectivity index is 1.60. The average molecular weight is 250 g/mol. The van der Waals surface area contributed by atoms with Gasteiger partial charge in [0.2, 0.25) is 0 Å². The Morgan fingerprint density at radius 1 is 1.47 bits per heavy atom. The smallest absolute Gasteiger partial charge is 0.0331 e. The van der Waals surface area contributed by atoms with Crippen LogP contribution in [0, 0.1) is 5.92 Å². The van der Waals surface area contributed by atoms with E-state index in [0.29, 0.717) is 0 Å². The molecular weight excluding hydrogens is 228 g/mol. The Labute approximate surface area is 108 Å². The molecule has 17 heavy (non-hydrogen) atoms. The lowest BCUT2D eigenvalue weighted by Gasteiger charge is -2.33. The van der Waals surface area contributed by atoms with Crippen LogP contribution in [-0.2, 0) is 13.0 Å². The van der Waals surface area contributed by atoms with E-state index in [0.717, 1.165) is 12.0 Å². The first-order chi connectivity index (χ1) is 8.36. The second kappa shape index (κ2) is 5.09. The molecule has 0 spiro atoms. The molecule has 94 valence electrons. The first-order valence-corrected chi connectivity index (χ1v) is 7.75. The molecule has 3 rings (SSSR count). The van der Waals surface area contributed by atoms with Crippen molar-refractivity contribution in [1.82, 2.24) is 10.2 Å². The van der Waals surface area contributed by atoms with Gasteiger partial charge in [0.15, 0.2) is 0 Å². The Morgan fingerprint density at radius 3 is 3.12 bits per heavy atom. The summed E-state index contributed by atoms with van der Waals surface area (Å²) in [6.07, 6.45) is 4.08. The lowest BCUT2D eigenvalue weighted by Crippen LogP contribution is -2.51. The molecule has 1 aromatic rings. The molecule has 1 saturated carbocycles. The SMILES string of the molecule is CCc1ccsc1CN1CCNC(C2CC2)C1. The quantitative estimate of drug-likeness (QED) is 0.883. The highest BCUT2D eigenvalue weighted by Crippen LogP contribution is 2.34. The topological polar surface area (TPSA) is 15.3 Å². The minimum Gasteiger partial charge on any atom is -0.311 e. The van der Waals surface area contributed by atoms with Gasteiger partial charge in [-0.05, 0) is 42.2 Å². The van der Waals surface area contributed by atoms with Crippen molar-refractivity contribution in [3.63, 3.8) is 0 Å². The van der Waals surface area contributed by atoms with Crippen LogP contribution in [0.15, 0.2) is 11.4 Å². The van der Waals surface area contributed by atoms with Crippen molar-refractivity contribution in [3.8, 4) is 0 Å². The van der Waals surface area contributed by atoms with Crippen LogP contribution >= 0.6 is 11.3 Å². The maximum absolute atomic E-state index is 3.68. The minimum absolute atomic E-state index is 0.772. The molecule has 1 aromatic heterocycles. The molecule has 1 aliphatic carbocycles. The Kier molecular flexibility index (Phi) is 3.50. The van der Waals surface area contributed by atoms with E-state index in [1.165, 1.54) is 45.4 Å². The first-order valence-electron chi connectivity index (χ1n) is 6.88. The summed E-state index contributed by atoms with van der Waals surface area (Å²) >= 11 is 1.93. The van der Waals surface area contributed by atoms with Crippen molar-refractivity contribution in [1.29, 1.82) is 0 Å². The molecule has 1 saturated heterocycles. The summed E-state index contributed by atoms with van der Waals surface area (Å²) < 4.78 is 0. The molecule has 1 N–H and O–H groups in total. The summed E-state index contributed by atoms with van der Waals surface area (Å²) in [5.74, 6) is 0.979. The van der Waals surface area contributed by atoms with Gasteiger partial charge in [-0.15, -0.1) is 11.3 Å². The highest BCUT2D eigenvalue weighted by atomic mass is 32.1. The van der Waals surface area contributed by atoms with Gasteiger partial charge in [-0.3, -0.25) is 4.90 Å². The van der Waals surface area contributed by atoms with Crippen LogP contribution in [0.3, 0.4) is 0 Å². The van der Waals surface area contributed by atoms with Gasteiger partial charge in [-0.1, -0.05) is 6.92 Å². The molecule has 1 atom stereocenters. The fourth-order valence-corrected chi connectivity index (χ4v) is 3.84. The third kappa shape index (κ3) is 2.72. The Hall–Kier alpha value is -0.380. The van der Waals surface area contributed by atoms with E-state index in [-0.39, 0.29) is 0 Å². The summed E-state index contributed by atoms with van der Waals surface area (Å²) in [5, 5.41) is 5.93. The highest BCUT2D eigenvalue weighted by Gasteiger charge is 2.33. The van der Waals surface area contributed by atoms with Crippen molar-refractivity contribution in [2.24, 2.45) is 5.92 Å². The van der Waals surface area contributed by atoms with E-state index in [2.05, 4.69) is 28.6 Å². The summed E-state index contributed by atoms with van der Waals surface area (Å²) in [6.45, 7) is 7.08. The van der Waals surface area contributed by atoms with Crippen molar-refractivity contribution in [3.05, 3.63) is 21.9 Å². The zero-order valence-electron chi connectivity index (χ0n) is 10.6. The molecule has 2 aliphatic rings. The standard InChI is InChI=1S/C14H22N2S/c1-2-11-5-8-17-14(11)10-16-7-6-15-13(9-16)12-3-4-12/h5,8,12-13,15H,2-4,6-7,9-10H2,1H3. The molecule has 3 heteroatoms. The molecular formula is C14H22N2S. The van der Waals surface area contributed by atoms with Crippen LogP contribution in [0.2, 0.25) is 0 Å². The maximum atomic E-state index is 3.68. The van der Waals surface area contributed by atoms with Crippen LogP contribution in [0.25, 0.3) is 0 Å². The number of nitrogens with one attached hydrogen (secondary N) is 1. The monoisotopic (exact) mass is 250 g/mol. The lowest BCUT2D eigenvalue weighted by molar-refractivity contribution is 0.182. The average Bonchev–Trinajstić information content (AvgIpc) is 3.11. The lowest BCUT2D eigenvalue weighted by atomic mass is 10.1. The summed E-state index contributed by atoms with van der Waals surface area (Å²) in [4.78, 5) is 4.23. The van der Waals surface area contributed by atoms with E-state index >= 15 is 0 Å². The van der Waals surface area contributed by atoms with E-state index in [1.54, 1.807) is 10.4 Å². The van der Waals surface area contributed by atoms with E-state index < -0.39 is 0 Å². The van der Waals surface area contributed by atoms with Gasteiger partial charge in [0.25, 0.3) is 0 Å². The van der Waals surface area contributed by atoms with Gasteiger partial charge in [0, 0.05) is 37.1 Å². The van der Waals surface area contributed by atoms with Gasteiger partial charge in [0.1, 0.15) is 0 Å². The van der Waals surface area contributed by atoms with Crippen LogP contribution in [0.1, 0.15) is 30.2 Å². The zero-order valence-corrected chi connectivity index (χ0v) is 11.4.